The molecule has 1 amide bonds. The summed E-state index contributed by atoms with van der Waals surface area (Å²) in [6, 6.07) is 11.2. The van der Waals surface area contributed by atoms with Crippen LogP contribution in [0.15, 0.2) is 42.6 Å². The summed E-state index contributed by atoms with van der Waals surface area (Å²) in [7, 11) is 0. The molecule has 1 aliphatic heterocycles. The van der Waals surface area contributed by atoms with Gasteiger partial charge in [0.25, 0.3) is 5.91 Å². The van der Waals surface area contributed by atoms with E-state index in [4.69, 9.17) is 5.73 Å². The van der Waals surface area contributed by atoms with Gasteiger partial charge in [0.2, 0.25) is 0 Å². The fourth-order valence-corrected chi connectivity index (χ4v) is 4.05. The zero-order valence-electron chi connectivity index (χ0n) is 14.9. The van der Waals surface area contributed by atoms with Crippen LogP contribution < -0.4 is 10.6 Å². The van der Waals surface area contributed by atoms with E-state index in [9.17, 15) is 9.90 Å². The Kier molecular flexibility index (Phi) is 3.83. The van der Waals surface area contributed by atoms with Gasteiger partial charge in [-0.15, -0.1) is 0 Å². The fraction of sp³-hybridized carbons (Fsp3) is 0.300. The highest BCUT2D eigenvalue weighted by molar-refractivity contribution is 6.11. The van der Waals surface area contributed by atoms with E-state index in [1.807, 2.05) is 28.8 Å². The standard InChI is InChI=1S/C20H22N4O2/c1-12-5-6-13(2)23(12)20-17(18(21)26)16-4-3-11-22-19(16)24(20)14-7-9-15(25)10-8-14/h3-4,7-13,25H,5-6H2,1-2H3,(H2,21,26)/t12-,13+. The molecule has 1 fully saturated rings. The van der Waals surface area contributed by atoms with Crippen molar-refractivity contribution in [3.8, 4) is 11.4 Å². The number of carbonyl (C=O) groups is 1. The molecule has 1 saturated heterocycles. The first-order valence-electron chi connectivity index (χ1n) is 8.86. The number of fused-ring (bicyclic) bond motifs is 1. The number of phenolic OH excluding ortho intramolecular Hbond substituents is 1. The Labute approximate surface area is 151 Å². The molecule has 0 aliphatic carbocycles. The first kappa shape index (κ1) is 16.4. The highest BCUT2D eigenvalue weighted by Gasteiger charge is 2.35. The average molecular weight is 350 g/mol. The lowest BCUT2D eigenvalue weighted by Crippen LogP contribution is -2.35. The van der Waals surface area contributed by atoms with Gasteiger partial charge >= 0.3 is 0 Å². The number of pyridine rings is 1. The van der Waals surface area contributed by atoms with Gasteiger partial charge in [0.15, 0.2) is 0 Å². The summed E-state index contributed by atoms with van der Waals surface area (Å²) in [6.07, 6.45) is 3.83. The van der Waals surface area contributed by atoms with Gasteiger partial charge in [-0.2, -0.15) is 0 Å². The SMILES string of the molecule is C[C@@H]1CC[C@H](C)N1c1c(C(N)=O)c2cccnc2n1-c1ccc(O)cc1. The van der Waals surface area contributed by atoms with Crippen LogP contribution in [0.5, 0.6) is 5.75 Å². The number of aromatic nitrogens is 2. The highest BCUT2D eigenvalue weighted by Crippen LogP contribution is 2.40. The average Bonchev–Trinajstić information content (AvgIpc) is 3.12. The molecule has 0 radical (unpaired) electrons. The molecule has 4 rings (SSSR count). The number of rotatable bonds is 3. The maximum atomic E-state index is 12.4. The molecular formula is C20H22N4O2. The zero-order valence-corrected chi connectivity index (χ0v) is 14.9. The topological polar surface area (TPSA) is 84.4 Å². The number of carbonyl (C=O) groups excluding carboxylic acids is 1. The molecule has 1 aliphatic rings. The minimum absolute atomic E-state index is 0.192. The van der Waals surface area contributed by atoms with Crippen molar-refractivity contribution in [1.29, 1.82) is 0 Å². The highest BCUT2D eigenvalue weighted by atomic mass is 16.3. The molecule has 6 heteroatoms. The van der Waals surface area contributed by atoms with E-state index >= 15 is 0 Å². The summed E-state index contributed by atoms with van der Waals surface area (Å²) in [5.41, 5.74) is 7.83. The van der Waals surface area contributed by atoms with Crippen LogP contribution in [0.4, 0.5) is 5.82 Å². The summed E-state index contributed by atoms with van der Waals surface area (Å²) in [4.78, 5) is 19.2. The maximum Gasteiger partial charge on any atom is 0.253 e. The third kappa shape index (κ3) is 2.41. The predicted octanol–water partition coefficient (Wildman–Crippen LogP) is 3.21. The van der Waals surface area contributed by atoms with Crippen molar-refractivity contribution in [3.05, 3.63) is 48.2 Å². The van der Waals surface area contributed by atoms with Crippen molar-refractivity contribution in [2.45, 2.75) is 38.8 Å². The van der Waals surface area contributed by atoms with E-state index in [0.717, 1.165) is 29.7 Å². The van der Waals surface area contributed by atoms with Crippen molar-refractivity contribution in [1.82, 2.24) is 9.55 Å². The summed E-state index contributed by atoms with van der Waals surface area (Å²) >= 11 is 0. The molecule has 0 bridgehead atoms. The summed E-state index contributed by atoms with van der Waals surface area (Å²) in [5, 5.41) is 10.4. The third-order valence-electron chi connectivity index (χ3n) is 5.25. The number of anilines is 1. The molecule has 26 heavy (non-hydrogen) atoms. The van der Waals surface area contributed by atoms with Crippen LogP contribution in [0, 0.1) is 0 Å². The normalized spacial score (nSPS) is 20.0. The zero-order chi connectivity index (χ0) is 18.4. The van der Waals surface area contributed by atoms with Crippen LogP contribution in [0.2, 0.25) is 0 Å². The molecule has 2 aromatic heterocycles. The number of nitrogens with two attached hydrogens (primary N) is 1. The Morgan fingerprint density at radius 2 is 1.81 bits per heavy atom. The van der Waals surface area contributed by atoms with E-state index in [1.54, 1.807) is 18.3 Å². The Balaban J connectivity index is 2.10. The molecule has 1 aromatic carbocycles. The van der Waals surface area contributed by atoms with Crippen molar-refractivity contribution >= 4 is 22.8 Å². The van der Waals surface area contributed by atoms with Gasteiger partial charge in [-0.3, -0.25) is 9.36 Å². The van der Waals surface area contributed by atoms with Crippen LogP contribution in [0.25, 0.3) is 16.7 Å². The number of amides is 1. The largest absolute Gasteiger partial charge is 0.508 e. The van der Waals surface area contributed by atoms with Crippen LogP contribution in [-0.4, -0.2) is 32.6 Å². The molecule has 3 N–H and O–H groups in total. The lowest BCUT2D eigenvalue weighted by atomic mass is 10.1. The number of primary amides is 1. The number of hydrogen-bond acceptors (Lipinski definition) is 4. The van der Waals surface area contributed by atoms with E-state index < -0.39 is 5.91 Å². The summed E-state index contributed by atoms with van der Waals surface area (Å²) in [5.74, 6) is 0.522. The summed E-state index contributed by atoms with van der Waals surface area (Å²) in [6.45, 7) is 4.33. The van der Waals surface area contributed by atoms with Gasteiger partial charge in [-0.25, -0.2) is 4.98 Å². The minimum atomic E-state index is -0.457. The number of hydrogen-bond donors (Lipinski definition) is 2. The van der Waals surface area contributed by atoms with E-state index in [2.05, 4.69) is 23.7 Å². The monoisotopic (exact) mass is 350 g/mol. The number of nitrogens with zero attached hydrogens (tertiary/aromatic N) is 3. The molecule has 3 heterocycles. The number of benzene rings is 1. The van der Waals surface area contributed by atoms with Gasteiger partial charge < -0.3 is 15.7 Å². The summed E-state index contributed by atoms with van der Waals surface area (Å²) < 4.78 is 1.98. The van der Waals surface area contributed by atoms with Crippen LogP contribution >= 0.6 is 0 Å². The first-order chi connectivity index (χ1) is 12.5. The second-order valence-electron chi connectivity index (χ2n) is 6.97. The maximum absolute atomic E-state index is 12.4. The van der Waals surface area contributed by atoms with Crippen molar-refractivity contribution in [2.24, 2.45) is 5.73 Å². The smallest absolute Gasteiger partial charge is 0.253 e. The molecule has 134 valence electrons. The minimum Gasteiger partial charge on any atom is -0.508 e. The Morgan fingerprint density at radius 1 is 1.15 bits per heavy atom. The number of aromatic hydroxyl groups is 1. The van der Waals surface area contributed by atoms with Crippen LogP contribution in [0.3, 0.4) is 0 Å². The quantitative estimate of drug-likeness (QED) is 0.760. The van der Waals surface area contributed by atoms with E-state index in [0.29, 0.717) is 23.3 Å². The van der Waals surface area contributed by atoms with Crippen LogP contribution in [-0.2, 0) is 0 Å². The number of phenols is 1. The lowest BCUT2D eigenvalue weighted by molar-refractivity contribution is 0.100. The molecule has 2 atom stereocenters. The second-order valence-corrected chi connectivity index (χ2v) is 6.97. The Bertz CT molecular complexity index is 967. The van der Waals surface area contributed by atoms with Gasteiger partial charge in [0.05, 0.1) is 5.56 Å². The lowest BCUT2D eigenvalue weighted by Gasteiger charge is -2.30. The Morgan fingerprint density at radius 3 is 2.42 bits per heavy atom. The molecular weight excluding hydrogens is 328 g/mol. The third-order valence-corrected chi connectivity index (χ3v) is 5.25. The molecule has 6 nitrogen and oxygen atoms in total. The Hall–Kier alpha value is -3.02. The fourth-order valence-electron chi connectivity index (χ4n) is 4.05. The van der Waals surface area contributed by atoms with Gasteiger partial charge in [-0.1, -0.05) is 0 Å². The van der Waals surface area contributed by atoms with Crippen molar-refractivity contribution < 1.29 is 9.90 Å². The molecule has 3 aromatic rings. The predicted molar refractivity (Wildman–Crippen MR) is 102 cm³/mol. The molecule has 0 unspecified atom stereocenters. The van der Waals surface area contributed by atoms with E-state index in [-0.39, 0.29) is 5.75 Å². The van der Waals surface area contributed by atoms with Crippen molar-refractivity contribution in [2.75, 3.05) is 4.90 Å². The van der Waals surface area contributed by atoms with Crippen LogP contribution in [0.1, 0.15) is 37.0 Å². The van der Waals surface area contributed by atoms with Gasteiger partial charge in [0, 0.05) is 29.4 Å². The molecule has 0 saturated carbocycles. The first-order valence-corrected chi connectivity index (χ1v) is 8.86. The molecule has 0 spiro atoms. The van der Waals surface area contributed by atoms with Gasteiger partial charge in [0.1, 0.15) is 17.2 Å². The van der Waals surface area contributed by atoms with E-state index in [1.165, 1.54) is 0 Å². The van der Waals surface area contributed by atoms with Crippen molar-refractivity contribution in [3.63, 3.8) is 0 Å². The van der Waals surface area contributed by atoms with Gasteiger partial charge in [-0.05, 0) is 63.1 Å². The second kappa shape index (κ2) is 6.05.